The van der Waals surface area contributed by atoms with E-state index in [0.717, 1.165) is 36.0 Å². The Hall–Kier alpha value is -1.65. The van der Waals surface area contributed by atoms with Gasteiger partial charge in [0, 0.05) is 42.1 Å². The molecule has 1 amide bonds. The van der Waals surface area contributed by atoms with Gasteiger partial charge in [-0.15, -0.1) is 11.8 Å². The van der Waals surface area contributed by atoms with Gasteiger partial charge in [0.2, 0.25) is 5.91 Å². The van der Waals surface area contributed by atoms with Crippen molar-refractivity contribution in [3.05, 3.63) is 65.2 Å². The first-order chi connectivity index (χ1) is 12.9. The van der Waals surface area contributed by atoms with Crippen LogP contribution in [0.25, 0.3) is 0 Å². The Labute approximate surface area is 171 Å². The van der Waals surface area contributed by atoms with Crippen molar-refractivity contribution in [1.29, 1.82) is 0 Å². The second-order valence-corrected chi connectivity index (χ2v) is 9.52. The minimum Gasteiger partial charge on any atom is -0.365 e. The third kappa shape index (κ3) is 4.80. The molecule has 1 aliphatic rings. The Balaban J connectivity index is 1.61. The fourth-order valence-corrected chi connectivity index (χ4v) is 4.76. The van der Waals surface area contributed by atoms with Crippen molar-refractivity contribution in [2.45, 2.75) is 37.3 Å². The summed E-state index contributed by atoms with van der Waals surface area (Å²) < 4.78 is -0.478. The Bertz CT molecular complexity index is 781. The predicted octanol–water partition coefficient (Wildman–Crippen LogP) is 5.09. The standard InChI is InChI=1S/C22H27ClN2OS/c1-17-15-24(13-14-25(17)19-10-5-4-6-11-19)21(26)22(2,3)27-16-18-9-7-8-12-20(18)23/h4-12,17H,13-16H2,1-3H3. The number of rotatable bonds is 5. The topological polar surface area (TPSA) is 23.6 Å². The van der Waals surface area contributed by atoms with Crippen molar-refractivity contribution in [2.75, 3.05) is 24.5 Å². The molecule has 0 aromatic heterocycles. The van der Waals surface area contributed by atoms with Gasteiger partial charge in [0.25, 0.3) is 0 Å². The summed E-state index contributed by atoms with van der Waals surface area (Å²) in [6.45, 7) is 8.60. The maximum atomic E-state index is 13.2. The molecule has 1 aliphatic heterocycles. The van der Waals surface area contributed by atoms with Crippen LogP contribution in [0.2, 0.25) is 5.02 Å². The van der Waals surface area contributed by atoms with Crippen molar-refractivity contribution in [3.8, 4) is 0 Å². The first-order valence-electron chi connectivity index (χ1n) is 9.37. The van der Waals surface area contributed by atoms with E-state index in [1.54, 1.807) is 11.8 Å². The maximum absolute atomic E-state index is 13.2. The van der Waals surface area contributed by atoms with E-state index in [1.165, 1.54) is 5.69 Å². The highest BCUT2D eigenvalue weighted by Gasteiger charge is 2.36. The highest BCUT2D eigenvalue weighted by molar-refractivity contribution is 8.00. The molecule has 144 valence electrons. The lowest BCUT2D eigenvalue weighted by molar-refractivity contribution is -0.133. The summed E-state index contributed by atoms with van der Waals surface area (Å²) in [5.41, 5.74) is 2.30. The van der Waals surface area contributed by atoms with E-state index in [-0.39, 0.29) is 5.91 Å². The molecule has 1 unspecified atom stereocenters. The SMILES string of the molecule is CC1CN(C(=O)C(C)(C)SCc2ccccc2Cl)CCN1c1ccccc1. The number of thioether (sulfide) groups is 1. The van der Waals surface area contributed by atoms with E-state index in [1.807, 2.05) is 49.1 Å². The summed E-state index contributed by atoms with van der Waals surface area (Å²) in [4.78, 5) is 17.6. The number of amides is 1. The number of carbonyl (C=O) groups excluding carboxylic acids is 1. The summed E-state index contributed by atoms with van der Waals surface area (Å²) in [6, 6.07) is 18.6. The summed E-state index contributed by atoms with van der Waals surface area (Å²) in [7, 11) is 0. The van der Waals surface area contributed by atoms with Gasteiger partial charge in [-0.25, -0.2) is 0 Å². The zero-order chi connectivity index (χ0) is 19.4. The minimum atomic E-state index is -0.478. The Morgan fingerprint density at radius 1 is 1.11 bits per heavy atom. The first kappa shape index (κ1) is 20.1. The van der Waals surface area contributed by atoms with Crippen LogP contribution in [0.5, 0.6) is 0 Å². The third-order valence-electron chi connectivity index (χ3n) is 5.06. The highest BCUT2D eigenvalue weighted by Crippen LogP contribution is 2.33. The van der Waals surface area contributed by atoms with Crippen molar-refractivity contribution in [1.82, 2.24) is 4.90 Å². The van der Waals surface area contributed by atoms with Gasteiger partial charge in [-0.2, -0.15) is 0 Å². The number of benzene rings is 2. The van der Waals surface area contributed by atoms with Crippen LogP contribution in [0.1, 0.15) is 26.3 Å². The van der Waals surface area contributed by atoms with Gasteiger partial charge in [-0.05, 0) is 44.5 Å². The zero-order valence-corrected chi connectivity index (χ0v) is 17.8. The van der Waals surface area contributed by atoms with E-state index >= 15 is 0 Å². The zero-order valence-electron chi connectivity index (χ0n) is 16.2. The normalized spacial score (nSPS) is 17.9. The van der Waals surface area contributed by atoms with Gasteiger partial charge >= 0.3 is 0 Å². The van der Waals surface area contributed by atoms with E-state index in [0.29, 0.717) is 6.04 Å². The molecule has 1 atom stereocenters. The molecule has 3 rings (SSSR count). The van der Waals surface area contributed by atoms with Crippen LogP contribution >= 0.6 is 23.4 Å². The van der Waals surface area contributed by atoms with Gasteiger partial charge in [0.1, 0.15) is 0 Å². The maximum Gasteiger partial charge on any atom is 0.238 e. The van der Waals surface area contributed by atoms with Gasteiger partial charge in [0.15, 0.2) is 0 Å². The Morgan fingerprint density at radius 2 is 1.78 bits per heavy atom. The van der Waals surface area contributed by atoms with Crippen LogP contribution in [0.4, 0.5) is 5.69 Å². The molecule has 0 spiro atoms. The molecule has 27 heavy (non-hydrogen) atoms. The van der Waals surface area contributed by atoms with Crippen LogP contribution < -0.4 is 4.90 Å². The lowest BCUT2D eigenvalue weighted by atomic mass is 10.1. The second kappa shape index (κ2) is 8.57. The minimum absolute atomic E-state index is 0.208. The van der Waals surface area contributed by atoms with E-state index in [4.69, 9.17) is 11.6 Å². The molecule has 1 heterocycles. The third-order valence-corrected chi connectivity index (χ3v) is 6.78. The van der Waals surface area contributed by atoms with E-state index < -0.39 is 4.75 Å². The number of anilines is 1. The fraction of sp³-hybridized carbons (Fsp3) is 0.409. The number of hydrogen-bond donors (Lipinski definition) is 0. The van der Waals surface area contributed by atoms with E-state index in [9.17, 15) is 4.79 Å². The van der Waals surface area contributed by atoms with Gasteiger partial charge < -0.3 is 9.80 Å². The summed E-state index contributed by atoms with van der Waals surface area (Å²) in [5, 5.41) is 0.762. The number of piperazine rings is 1. The number of halogens is 1. The van der Waals surface area contributed by atoms with Crippen molar-refractivity contribution >= 4 is 35.0 Å². The molecular formula is C22H27ClN2OS. The lowest BCUT2D eigenvalue weighted by Gasteiger charge is -2.43. The van der Waals surface area contributed by atoms with Crippen molar-refractivity contribution in [3.63, 3.8) is 0 Å². The molecule has 0 N–H and O–H groups in total. The fourth-order valence-electron chi connectivity index (χ4n) is 3.46. The quantitative estimate of drug-likeness (QED) is 0.695. The second-order valence-electron chi connectivity index (χ2n) is 7.52. The average Bonchev–Trinajstić information content (AvgIpc) is 2.67. The predicted molar refractivity (Wildman–Crippen MR) is 117 cm³/mol. The molecule has 2 aromatic carbocycles. The van der Waals surface area contributed by atoms with Gasteiger partial charge in [-0.3, -0.25) is 4.79 Å². The van der Waals surface area contributed by atoms with Crippen LogP contribution in [0.15, 0.2) is 54.6 Å². The summed E-state index contributed by atoms with van der Waals surface area (Å²) >= 11 is 7.92. The number of para-hydroxylation sites is 1. The number of carbonyl (C=O) groups is 1. The highest BCUT2D eigenvalue weighted by atomic mass is 35.5. The molecule has 0 bridgehead atoms. The molecule has 0 saturated carbocycles. The van der Waals surface area contributed by atoms with Crippen molar-refractivity contribution in [2.24, 2.45) is 0 Å². The average molecular weight is 403 g/mol. The molecule has 0 radical (unpaired) electrons. The van der Waals surface area contributed by atoms with Gasteiger partial charge in [0.05, 0.1) is 4.75 Å². The number of hydrogen-bond acceptors (Lipinski definition) is 3. The Kier molecular flexibility index (Phi) is 6.38. The Morgan fingerprint density at radius 3 is 2.44 bits per heavy atom. The number of nitrogens with zero attached hydrogens (tertiary/aromatic N) is 2. The summed E-state index contributed by atoms with van der Waals surface area (Å²) in [6.07, 6.45) is 0. The molecule has 1 fully saturated rings. The van der Waals surface area contributed by atoms with Crippen LogP contribution in [-0.2, 0) is 10.5 Å². The molecular weight excluding hydrogens is 376 g/mol. The first-order valence-corrected chi connectivity index (χ1v) is 10.7. The van der Waals surface area contributed by atoms with Crippen LogP contribution in [0, 0.1) is 0 Å². The van der Waals surface area contributed by atoms with Crippen molar-refractivity contribution < 1.29 is 4.79 Å². The molecule has 5 heteroatoms. The molecule has 1 saturated heterocycles. The summed E-state index contributed by atoms with van der Waals surface area (Å²) in [5.74, 6) is 0.942. The largest absolute Gasteiger partial charge is 0.365 e. The smallest absolute Gasteiger partial charge is 0.238 e. The van der Waals surface area contributed by atoms with Gasteiger partial charge in [-0.1, -0.05) is 48.0 Å². The monoisotopic (exact) mass is 402 g/mol. The van der Waals surface area contributed by atoms with Crippen LogP contribution in [0.3, 0.4) is 0 Å². The molecule has 2 aromatic rings. The van der Waals surface area contributed by atoms with Crippen LogP contribution in [-0.4, -0.2) is 41.2 Å². The molecule has 3 nitrogen and oxygen atoms in total. The van der Waals surface area contributed by atoms with E-state index in [2.05, 4.69) is 36.1 Å². The molecule has 0 aliphatic carbocycles. The lowest BCUT2D eigenvalue weighted by Crippen LogP contribution is -2.57.